The highest BCUT2D eigenvalue weighted by Gasteiger charge is 2.30. The SMILES string of the molecule is Cc1cc2c(Nc3cccc(C(F)(F)F)c3)nc(Cc3ccccc3)nc2s1. The summed E-state index contributed by atoms with van der Waals surface area (Å²) in [6.07, 6.45) is -3.85. The average molecular weight is 399 g/mol. The highest BCUT2D eigenvalue weighted by atomic mass is 32.1. The normalized spacial score (nSPS) is 11.7. The van der Waals surface area contributed by atoms with Gasteiger partial charge in [-0.05, 0) is 36.8 Å². The van der Waals surface area contributed by atoms with Gasteiger partial charge in [0.25, 0.3) is 0 Å². The molecule has 0 radical (unpaired) electrons. The van der Waals surface area contributed by atoms with Crippen LogP contribution in [0.2, 0.25) is 0 Å². The Morgan fingerprint density at radius 2 is 1.75 bits per heavy atom. The number of hydrogen-bond donors (Lipinski definition) is 1. The lowest BCUT2D eigenvalue weighted by molar-refractivity contribution is -0.137. The minimum atomic E-state index is -4.39. The number of anilines is 2. The van der Waals surface area contributed by atoms with Gasteiger partial charge in [-0.15, -0.1) is 11.3 Å². The second-order valence-electron chi connectivity index (χ2n) is 6.43. The number of alkyl halides is 3. The Labute approximate surface area is 163 Å². The molecule has 2 aromatic carbocycles. The van der Waals surface area contributed by atoms with Crippen LogP contribution in [-0.4, -0.2) is 9.97 Å². The smallest absolute Gasteiger partial charge is 0.340 e. The number of nitrogens with zero attached hydrogens (tertiary/aromatic N) is 2. The monoisotopic (exact) mass is 399 g/mol. The highest BCUT2D eigenvalue weighted by molar-refractivity contribution is 7.18. The van der Waals surface area contributed by atoms with Gasteiger partial charge in [-0.3, -0.25) is 0 Å². The summed E-state index contributed by atoms with van der Waals surface area (Å²) in [5.74, 6) is 1.13. The van der Waals surface area contributed by atoms with Gasteiger partial charge in [0.15, 0.2) is 0 Å². The van der Waals surface area contributed by atoms with Gasteiger partial charge in [0.1, 0.15) is 16.5 Å². The van der Waals surface area contributed by atoms with Crippen molar-refractivity contribution in [1.82, 2.24) is 9.97 Å². The van der Waals surface area contributed by atoms with E-state index in [1.807, 2.05) is 43.3 Å². The molecule has 4 aromatic rings. The molecule has 0 atom stereocenters. The van der Waals surface area contributed by atoms with Crippen molar-refractivity contribution in [3.05, 3.63) is 82.5 Å². The lowest BCUT2D eigenvalue weighted by Gasteiger charge is -2.12. The van der Waals surface area contributed by atoms with Crippen LogP contribution in [0.3, 0.4) is 0 Å². The molecule has 0 spiro atoms. The van der Waals surface area contributed by atoms with Crippen LogP contribution in [-0.2, 0) is 12.6 Å². The molecule has 4 rings (SSSR count). The fourth-order valence-corrected chi connectivity index (χ4v) is 3.85. The van der Waals surface area contributed by atoms with Crippen molar-refractivity contribution in [2.24, 2.45) is 0 Å². The number of rotatable bonds is 4. The topological polar surface area (TPSA) is 37.8 Å². The zero-order chi connectivity index (χ0) is 19.7. The molecule has 2 aromatic heterocycles. The van der Waals surface area contributed by atoms with Crippen molar-refractivity contribution < 1.29 is 13.2 Å². The predicted octanol–water partition coefficient (Wildman–Crippen LogP) is 6.35. The van der Waals surface area contributed by atoms with Crippen LogP contribution in [0.25, 0.3) is 10.2 Å². The van der Waals surface area contributed by atoms with Crippen LogP contribution in [0.5, 0.6) is 0 Å². The summed E-state index contributed by atoms with van der Waals surface area (Å²) in [5.41, 5.74) is 0.707. The Morgan fingerprint density at radius 1 is 0.964 bits per heavy atom. The summed E-state index contributed by atoms with van der Waals surface area (Å²) < 4.78 is 39.1. The average Bonchev–Trinajstić information content (AvgIpc) is 3.03. The first kappa shape index (κ1) is 18.4. The largest absolute Gasteiger partial charge is 0.416 e. The molecular weight excluding hydrogens is 383 g/mol. The Bertz CT molecular complexity index is 1120. The first-order valence-corrected chi connectivity index (χ1v) is 9.45. The van der Waals surface area contributed by atoms with E-state index in [0.717, 1.165) is 32.8 Å². The van der Waals surface area contributed by atoms with E-state index in [2.05, 4.69) is 15.3 Å². The van der Waals surface area contributed by atoms with Crippen LogP contribution < -0.4 is 5.32 Å². The molecule has 0 aliphatic carbocycles. The molecular formula is C21H16F3N3S. The van der Waals surface area contributed by atoms with Crippen LogP contribution in [0, 0.1) is 6.92 Å². The van der Waals surface area contributed by atoms with Crippen LogP contribution in [0.15, 0.2) is 60.7 Å². The van der Waals surface area contributed by atoms with Gasteiger partial charge in [-0.25, -0.2) is 9.97 Å². The number of hydrogen-bond acceptors (Lipinski definition) is 4. The first-order chi connectivity index (χ1) is 13.4. The van der Waals surface area contributed by atoms with Crippen LogP contribution >= 0.6 is 11.3 Å². The molecule has 7 heteroatoms. The molecule has 0 unspecified atom stereocenters. The quantitative estimate of drug-likeness (QED) is 0.434. The Hall–Kier alpha value is -2.93. The van der Waals surface area contributed by atoms with Crippen molar-refractivity contribution >= 4 is 33.1 Å². The highest BCUT2D eigenvalue weighted by Crippen LogP contribution is 2.34. The van der Waals surface area contributed by atoms with Crippen molar-refractivity contribution in [3.8, 4) is 0 Å². The number of aryl methyl sites for hydroxylation is 1. The summed E-state index contributed by atoms with van der Waals surface area (Å²) >= 11 is 1.54. The van der Waals surface area contributed by atoms with Crippen molar-refractivity contribution in [2.45, 2.75) is 19.5 Å². The molecule has 0 saturated heterocycles. The second kappa shape index (κ2) is 7.24. The molecule has 3 nitrogen and oxygen atoms in total. The van der Waals surface area contributed by atoms with E-state index >= 15 is 0 Å². The second-order valence-corrected chi connectivity index (χ2v) is 7.67. The van der Waals surface area contributed by atoms with Gasteiger partial charge >= 0.3 is 6.18 Å². The molecule has 28 heavy (non-hydrogen) atoms. The molecule has 0 saturated carbocycles. The number of fused-ring (bicyclic) bond motifs is 1. The standard InChI is InChI=1S/C21H16F3N3S/c1-13-10-17-19(25-16-9-5-8-15(12-16)21(22,23)24)26-18(27-20(17)28-13)11-14-6-3-2-4-7-14/h2-10,12H,11H2,1H3,(H,25,26,27). The number of halogens is 3. The fraction of sp³-hybridized carbons (Fsp3) is 0.143. The van der Waals surface area contributed by atoms with Gasteiger partial charge < -0.3 is 5.32 Å². The zero-order valence-electron chi connectivity index (χ0n) is 14.9. The van der Waals surface area contributed by atoms with E-state index in [0.29, 0.717) is 23.8 Å². The third kappa shape index (κ3) is 3.99. The third-order valence-corrected chi connectivity index (χ3v) is 5.16. The van der Waals surface area contributed by atoms with Crippen molar-refractivity contribution in [3.63, 3.8) is 0 Å². The molecule has 2 heterocycles. The lowest BCUT2D eigenvalue weighted by atomic mass is 10.1. The fourth-order valence-electron chi connectivity index (χ4n) is 2.95. The van der Waals surface area contributed by atoms with Crippen molar-refractivity contribution in [1.29, 1.82) is 0 Å². The van der Waals surface area contributed by atoms with E-state index in [-0.39, 0.29) is 0 Å². The van der Waals surface area contributed by atoms with Gasteiger partial charge in [0.05, 0.1) is 10.9 Å². The van der Waals surface area contributed by atoms with Gasteiger partial charge in [-0.1, -0.05) is 36.4 Å². The molecule has 0 aliphatic heterocycles. The molecule has 0 aliphatic rings. The Kier molecular flexibility index (Phi) is 4.77. The van der Waals surface area contributed by atoms with Crippen LogP contribution in [0.1, 0.15) is 21.8 Å². The number of aromatic nitrogens is 2. The first-order valence-electron chi connectivity index (χ1n) is 8.64. The van der Waals surface area contributed by atoms with Crippen LogP contribution in [0.4, 0.5) is 24.7 Å². The zero-order valence-corrected chi connectivity index (χ0v) is 15.7. The number of thiophene rings is 1. The van der Waals surface area contributed by atoms with E-state index < -0.39 is 11.7 Å². The van der Waals surface area contributed by atoms with E-state index in [4.69, 9.17) is 0 Å². The number of nitrogens with one attached hydrogen (secondary N) is 1. The molecule has 0 bridgehead atoms. The van der Waals surface area contributed by atoms with E-state index in [1.54, 1.807) is 6.07 Å². The number of benzene rings is 2. The molecule has 1 N–H and O–H groups in total. The van der Waals surface area contributed by atoms with Gasteiger partial charge in [-0.2, -0.15) is 13.2 Å². The maximum absolute atomic E-state index is 13.0. The van der Waals surface area contributed by atoms with Gasteiger partial charge in [0.2, 0.25) is 0 Å². The van der Waals surface area contributed by atoms with E-state index in [9.17, 15) is 13.2 Å². The summed E-state index contributed by atoms with van der Waals surface area (Å²) in [7, 11) is 0. The maximum Gasteiger partial charge on any atom is 0.416 e. The van der Waals surface area contributed by atoms with Gasteiger partial charge in [0, 0.05) is 17.0 Å². The Morgan fingerprint density at radius 3 is 2.50 bits per heavy atom. The predicted molar refractivity (Wildman–Crippen MR) is 106 cm³/mol. The molecule has 0 fully saturated rings. The molecule has 0 amide bonds. The summed E-state index contributed by atoms with van der Waals surface area (Å²) in [6, 6.07) is 16.9. The third-order valence-electron chi connectivity index (χ3n) is 4.22. The lowest BCUT2D eigenvalue weighted by Crippen LogP contribution is -2.06. The molecule has 142 valence electrons. The minimum Gasteiger partial charge on any atom is -0.340 e. The maximum atomic E-state index is 13.0. The van der Waals surface area contributed by atoms with Crippen molar-refractivity contribution in [2.75, 3.05) is 5.32 Å². The summed E-state index contributed by atoms with van der Waals surface area (Å²) in [4.78, 5) is 11.1. The Balaban J connectivity index is 1.73. The van der Waals surface area contributed by atoms with E-state index in [1.165, 1.54) is 17.4 Å². The minimum absolute atomic E-state index is 0.337. The summed E-state index contributed by atoms with van der Waals surface area (Å²) in [6.45, 7) is 1.97. The summed E-state index contributed by atoms with van der Waals surface area (Å²) in [5, 5.41) is 3.86.